The van der Waals surface area contributed by atoms with Crippen molar-refractivity contribution in [2.24, 2.45) is 0 Å². The van der Waals surface area contributed by atoms with Gasteiger partial charge in [-0.2, -0.15) is 0 Å². The van der Waals surface area contributed by atoms with Crippen molar-refractivity contribution < 1.29 is 14.2 Å². The minimum atomic E-state index is -0.428. The Morgan fingerprint density at radius 3 is 2.60 bits per heavy atom. The third kappa shape index (κ3) is 3.52. The molecule has 2 heterocycles. The highest BCUT2D eigenvalue weighted by Crippen LogP contribution is 2.25. The van der Waals surface area contributed by atoms with Crippen LogP contribution < -0.4 is 4.74 Å². The zero-order valence-electron chi connectivity index (χ0n) is 11.8. The molecule has 0 aromatic heterocycles. The van der Waals surface area contributed by atoms with Crippen molar-refractivity contribution in [1.82, 2.24) is 4.90 Å². The summed E-state index contributed by atoms with van der Waals surface area (Å²) in [5, 5.41) is 0. The Labute approximate surface area is 128 Å². The molecule has 1 aromatic carbocycles. The monoisotopic (exact) mass is 341 g/mol. The lowest BCUT2D eigenvalue weighted by Gasteiger charge is -2.40. The SMILES string of the molecule is CC1(C)OCC(CN2CC(Oc3ccc(Br)cc3)C2)O1. The van der Waals surface area contributed by atoms with Gasteiger partial charge in [0.05, 0.1) is 12.7 Å². The maximum Gasteiger partial charge on any atom is 0.163 e. The van der Waals surface area contributed by atoms with Gasteiger partial charge in [-0.3, -0.25) is 4.90 Å². The zero-order chi connectivity index (χ0) is 14.2. The van der Waals surface area contributed by atoms with E-state index in [1.165, 1.54) is 0 Å². The van der Waals surface area contributed by atoms with Gasteiger partial charge in [-0.25, -0.2) is 0 Å². The molecule has 1 atom stereocenters. The van der Waals surface area contributed by atoms with E-state index < -0.39 is 5.79 Å². The molecule has 0 aliphatic carbocycles. The van der Waals surface area contributed by atoms with Gasteiger partial charge in [0, 0.05) is 24.1 Å². The second kappa shape index (κ2) is 5.64. The number of rotatable bonds is 4. The van der Waals surface area contributed by atoms with Crippen LogP contribution in [0.1, 0.15) is 13.8 Å². The summed E-state index contributed by atoms with van der Waals surface area (Å²) in [6.45, 7) is 7.43. The second-order valence-electron chi connectivity index (χ2n) is 5.86. The second-order valence-corrected chi connectivity index (χ2v) is 6.78. The highest BCUT2D eigenvalue weighted by molar-refractivity contribution is 9.10. The van der Waals surface area contributed by atoms with Crippen LogP contribution in [-0.4, -0.2) is 49.1 Å². The van der Waals surface area contributed by atoms with Crippen LogP contribution in [-0.2, 0) is 9.47 Å². The average molecular weight is 342 g/mol. The third-order valence-corrected chi connectivity index (χ3v) is 4.10. The molecule has 0 radical (unpaired) electrons. The molecule has 0 saturated carbocycles. The maximum atomic E-state index is 5.91. The van der Waals surface area contributed by atoms with Crippen molar-refractivity contribution in [3.05, 3.63) is 28.7 Å². The zero-order valence-corrected chi connectivity index (χ0v) is 13.4. The summed E-state index contributed by atoms with van der Waals surface area (Å²) in [6.07, 6.45) is 0.463. The van der Waals surface area contributed by atoms with Crippen molar-refractivity contribution in [2.75, 3.05) is 26.2 Å². The highest BCUT2D eigenvalue weighted by Gasteiger charge is 2.37. The van der Waals surface area contributed by atoms with Crippen LogP contribution in [0.3, 0.4) is 0 Å². The molecule has 20 heavy (non-hydrogen) atoms. The lowest BCUT2D eigenvalue weighted by atomic mass is 10.1. The third-order valence-electron chi connectivity index (χ3n) is 3.57. The molecule has 2 aliphatic heterocycles. The fraction of sp³-hybridized carbons (Fsp3) is 0.600. The summed E-state index contributed by atoms with van der Waals surface area (Å²) in [5.74, 6) is 0.502. The molecular weight excluding hydrogens is 322 g/mol. The number of hydrogen-bond acceptors (Lipinski definition) is 4. The molecule has 2 saturated heterocycles. The molecule has 1 aromatic rings. The van der Waals surface area contributed by atoms with Crippen LogP contribution in [0.2, 0.25) is 0 Å². The lowest BCUT2D eigenvalue weighted by molar-refractivity contribution is -0.143. The summed E-state index contributed by atoms with van der Waals surface area (Å²) < 4.78 is 18.4. The molecule has 2 fully saturated rings. The first-order valence-electron chi connectivity index (χ1n) is 6.96. The van der Waals surface area contributed by atoms with Gasteiger partial charge >= 0.3 is 0 Å². The molecule has 1 unspecified atom stereocenters. The summed E-state index contributed by atoms with van der Waals surface area (Å²) in [4.78, 5) is 2.35. The highest BCUT2D eigenvalue weighted by atomic mass is 79.9. The Kier molecular flexibility index (Phi) is 4.04. The molecule has 3 rings (SSSR count). The van der Waals surface area contributed by atoms with Gasteiger partial charge < -0.3 is 14.2 Å². The molecule has 4 nitrogen and oxygen atoms in total. The van der Waals surface area contributed by atoms with Crippen LogP contribution in [0.25, 0.3) is 0 Å². The minimum Gasteiger partial charge on any atom is -0.488 e. The molecule has 2 aliphatic rings. The molecule has 0 N–H and O–H groups in total. The number of ether oxygens (including phenoxy) is 3. The van der Waals surface area contributed by atoms with Gasteiger partial charge in [-0.1, -0.05) is 15.9 Å². The topological polar surface area (TPSA) is 30.9 Å². The van der Waals surface area contributed by atoms with Crippen molar-refractivity contribution in [2.45, 2.75) is 31.8 Å². The fourth-order valence-corrected chi connectivity index (χ4v) is 2.86. The Morgan fingerprint density at radius 1 is 1.30 bits per heavy atom. The molecule has 5 heteroatoms. The van der Waals surface area contributed by atoms with Gasteiger partial charge in [0.15, 0.2) is 5.79 Å². The summed E-state index contributed by atoms with van der Waals surface area (Å²) in [6, 6.07) is 7.97. The smallest absolute Gasteiger partial charge is 0.163 e. The van der Waals surface area contributed by atoms with Crippen LogP contribution in [0, 0.1) is 0 Å². The van der Waals surface area contributed by atoms with E-state index in [4.69, 9.17) is 14.2 Å². The normalized spacial score (nSPS) is 26.4. The van der Waals surface area contributed by atoms with Crippen molar-refractivity contribution in [3.8, 4) is 5.75 Å². The van der Waals surface area contributed by atoms with E-state index in [0.717, 1.165) is 29.9 Å². The van der Waals surface area contributed by atoms with E-state index >= 15 is 0 Å². The molecule has 110 valence electrons. The molecule has 0 amide bonds. The van der Waals surface area contributed by atoms with Crippen molar-refractivity contribution >= 4 is 15.9 Å². The summed E-state index contributed by atoms with van der Waals surface area (Å²) in [7, 11) is 0. The number of likely N-dealkylation sites (tertiary alicyclic amines) is 1. The van der Waals surface area contributed by atoms with Crippen LogP contribution in [0.5, 0.6) is 5.75 Å². The van der Waals surface area contributed by atoms with E-state index in [-0.39, 0.29) is 12.2 Å². The van der Waals surface area contributed by atoms with Gasteiger partial charge in [-0.15, -0.1) is 0 Å². The number of hydrogen-bond donors (Lipinski definition) is 0. The summed E-state index contributed by atoms with van der Waals surface area (Å²) >= 11 is 3.42. The van der Waals surface area contributed by atoms with E-state index in [1.807, 2.05) is 38.1 Å². The Morgan fingerprint density at radius 2 is 2.00 bits per heavy atom. The molecule has 0 spiro atoms. The van der Waals surface area contributed by atoms with Gasteiger partial charge in [0.25, 0.3) is 0 Å². The van der Waals surface area contributed by atoms with Crippen molar-refractivity contribution in [1.29, 1.82) is 0 Å². The summed E-state index contributed by atoms with van der Waals surface area (Å²) in [5.41, 5.74) is 0. The van der Waals surface area contributed by atoms with Crippen LogP contribution in [0.4, 0.5) is 0 Å². The van der Waals surface area contributed by atoms with E-state index in [1.54, 1.807) is 0 Å². The predicted molar refractivity (Wildman–Crippen MR) is 79.9 cm³/mol. The van der Waals surface area contributed by atoms with E-state index in [0.29, 0.717) is 6.61 Å². The van der Waals surface area contributed by atoms with E-state index in [2.05, 4.69) is 20.8 Å². The van der Waals surface area contributed by atoms with Gasteiger partial charge in [0.1, 0.15) is 11.9 Å². The predicted octanol–water partition coefficient (Wildman–Crippen LogP) is 2.66. The quantitative estimate of drug-likeness (QED) is 0.842. The minimum absolute atomic E-state index is 0.179. The van der Waals surface area contributed by atoms with Gasteiger partial charge in [-0.05, 0) is 38.1 Å². The number of halogens is 1. The lowest BCUT2D eigenvalue weighted by Crippen LogP contribution is -2.56. The first-order valence-corrected chi connectivity index (χ1v) is 7.76. The molecular formula is C15H20BrNO3. The Bertz CT molecular complexity index is 457. The maximum absolute atomic E-state index is 5.91. The Hall–Kier alpha value is -0.620. The van der Waals surface area contributed by atoms with Gasteiger partial charge in [0.2, 0.25) is 0 Å². The van der Waals surface area contributed by atoms with Crippen molar-refractivity contribution in [3.63, 3.8) is 0 Å². The van der Waals surface area contributed by atoms with E-state index in [9.17, 15) is 0 Å². The Balaban J connectivity index is 1.40. The largest absolute Gasteiger partial charge is 0.488 e. The average Bonchev–Trinajstić information content (AvgIpc) is 2.69. The fourth-order valence-electron chi connectivity index (χ4n) is 2.59. The molecule has 0 bridgehead atoms. The number of nitrogens with zero attached hydrogens (tertiary/aromatic N) is 1. The number of benzene rings is 1. The standard InChI is InChI=1S/C15H20BrNO3/c1-15(2)18-10-14(20-15)9-17-7-13(8-17)19-12-5-3-11(16)4-6-12/h3-6,13-14H,7-10H2,1-2H3. The first-order chi connectivity index (χ1) is 9.50. The first kappa shape index (κ1) is 14.3. The van der Waals surface area contributed by atoms with Crippen LogP contribution >= 0.6 is 15.9 Å². The van der Waals surface area contributed by atoms with Crippen LogP contribution in [0.15, 0.2) is 28.7 Å².